The van der Waals surface area contributed by atoms with E-state index in [0.29, 0.717) is 22.8 Å². The van der Waals surface area contributed by atoms with Gasteiger partial charge in [-0.1, -0.05) is 55.5 Å². The number of halogens is 3. The van der Waals surface area contributed by atoms with Gasteiger partial charge in [0.05, 0.1) is 0 Å². The van der Waals surface area contributed by atoms with Crippen LogP contribution in [0.4, 0.5) is 13.2 Å². The molecule has 154 valence electrons. The van der Waals surface area contributed by atoms with Crippen molar-refractivity contribution < 1.29 is 13.2 Å². The Bertz CT molecular complexity index is 1090. The van der Waals surface area contributed by atoms with Gasteiger partial charge in [0.1, 0.15) is 0 Å². The van der Waals surface area contributed by atoms with Crippen LogP contribution in [0.15, 0.2) is 48.5 Å². The lowest BCUT2D eigenvalue weighted by atomic mass is 9.78. The minimum Gasteiger partial charge on any atom is -0.204 e. The van der Waals surface area contributed by atoms with Crippen LogP contribution in [0.25, 0.3) is 10.8 Å². The molecule has 0 amide bonds. The van der Waals surface area contributed by atoms with Crippen molar-refractivity contribution in [3.63, 3.8) is 0 Å². The maximum atomic E-state index is 13.9. The van der Waals surface area contributed by atoms with Gasteiger partial charge < -0.3 is 0 Å². The fraction of sp³-hybridized carbons (Fsp3) is 0.333. The standard InChI is InChI=1S/C27H25F3/c1-2-3-18-6-11-21(12-7-18)22-13-8-19(9-14-22)4-5-20-10-15-24-23(16-20)17-25(28)27(30)26(24)29/h6-7,10-12,15-17,19,22H,2-3,8-9,13-14H2,1H3. The average Bonchev–Trinajstić information content (AvgIpc) is 2.77. The Morgan fingerprint density at radius 2 is 1.60 bits per heavy atom. The number of hydrogen-bond donors (Lipinski definition) is 0. The third kappa shape index (κ3) is 4.38. The second kappa shape index (κ2) is 8.96. The van der Waals surface area contributed by atoms with Crippen molar-refractivity contribution >= 4 is 10.8 Å². The van der Waals surface area contributed by atoms with Gasteiger partial charge in [0.2, 0.25) is 0 Å². The lowest BCUT2D eigenvalue weighted by Gasteiger charge is -2.26. The number of benzene rings is 3. The predicted molar refractivity (Wildman–Crippen MR) is 116 cm³/mol. The summed E-state index contributed by atoms with van der Waals surface area (Å²) in [7, 11) is 0. The minimum atomic E-state index is -1.43. The van der Waals surface area contributed by atoms with Gasteiger partial charge in [-0.25, -0.2) is 13.2 Å². The molecule has 0 radical (unpaired) electrons. The molecule has 0 heterocycles. The van der Waals surface area contributed by atoms with E-state index in [0.717, 1.165) is 38.2 Å². The zero-order chi connectivity index (χ0) is 21.1. The molecule has 0 unspecified atom stereocenters. The lowest BCUT2D eigenvalue weighted by Crippen LogP contribution is -2.12. The van der Waals surface area contributed by atoms with Crippen LogP contribution in [-0.2, 0) is 6.42 Å². The summed E-state index contributed by atoms with van der Waals surface area (Å²) >= 11 is 0. The number of hydrogen-bond acceptors (Lipinski definition) is 0. The Kier molecular flexibility index (Phi) is 6.13. The molecule has 0 atom stereocenters. The fourth-order valence-electron chi connectivity index (χ4n) is 4.38. The van der Waals surface area contributed by atoms with Crippen LogP contribution in [0.3, 0.4) is 0 Å². The molecule has 3 aromatic carbocycles. The van der Waals surface area contributed by atoms with Gasteiger partial charge in [-0.3, -0.25) is 0 Å². The highest BCUT2D eigenvalue weighted by molar-refractivity contribution is 5.84. The smallest absolute Gasteiger partial charge is 0.195 e. The molecule has 0 N–H and O–H groups in total. The molecule has 0 spiro atoms. The highest BCUT2D eigenvalue weighted by Crippen LogP contribution is 2.35. The summed E-state index contributed by atoms with van der Waals surface area (Å²) in [6.07, 6.45) is 6.65. The fourth-order valence-corrected chi connectivity index (χ4v) is 4.38. The first-order valence-electron chi connectivity index (χ1n) is 10.7. The van der Waals surface area contributed by atoms with Gasteiger partial charge in [-0.2, -0.15) is 0 Å². The third-order valence-corrected chi connectivity index (χ3v) is 6.11. The predicted octanol–water partition coefficient (Wildman–Crippen LogP) is 7.54. The summed E-state index contributed by atoms with van der Waals surface area (Å²) < 4.78 is 40.7. The van der Waals surface area contributed by atoms with Crippen LogP contribution >= 0.6 is 0 Å². The SMILES string of the molecule is CCCc1ccc(C2CCC(C#Cc3ccc4c(F)c(F)c(F)cc4c3)CC2)cc1. The molecule has 4 rings (SSSR count). The van der Waals surface area contributed by atoms with E-state index in [1.807, 2.05) is 0 Å². The summed E-state index contributed by atoms with van der Waals surface area (Å²) in [5.41, 5.74) is 3.52. The van der Waals surface area contributed by atoms with Gasteiger partial charge in [-0.05, 0) is 72.7 Å². The number of fused-ring (bicyclic) bond motifs is 1. The minimum absolute atomic E-state index is 0.0740. The molecule has 0 saturated heterocycles. The first kappa shape index (κ1) is 20.5. The molecule has 0 aliphatic heterocycles. The van der Waals surface area contributed by atoms with Gasteiger partial charge in [0, 0.05) is 16.9 Å². The van der Waals surface area contributed by atoms with Crippen molar-refractivity contribution in [3.8, 4) is 11.8 Å². The quantitative estimate of drug-likeness (QED) is 0.311. The Morgan fingerprint density at radius 1 is 0.867 bits per heavy atom. The summed E-state index contributed by atoms with van der Waals surface area (Å²) in [6.45, 7) is 2.20. The van der Waals surface area contributed by atoms with Gasteiger partial charge in [-0.15, -0.1) is 0 Å². The van der Waals surface area contributed by atoms with Crippen molar-refractivity contribution in [1.29, 1.82) is 0 Å². The zero-order valence-electron chi connectivity index (χ0n) is 17.2. The molecule has 1 aliphatic carbocycles. The molecule has 30 heavy (non-hydrogen) atoms. The van der Waals surface area contributed by atoms with E-state index >= 15 is 0 Å². The van der Waals surface area contributed by atoms with Crippen molar-refractivity contribution in [1.82, 2.24) is 0 Å². The van der Waals surface area contributed by atoms with Gasteiger partial charge in [0.15, 0.2) is 17.5 Å². The van der Waals surface area contributed by atoms with Crippen molar-refractivity contribution in [2.24, 2.45) is 5.92 Å². The Hall–Kier alpha value is -2.73. The molecule has 1 fully saturated rings. The average molecular weight is 406 g/mol. The van der Waals surface area contributed by atoms with Crippen LogP contribution < -0.4 is 0 Å². The Morgan fingerprint density at radius 3 is 2.30 bits per heavy atom. The van der Waals surface area contributed by atoms with E-state index < -0.39 is 17.5 Å². The van der Waals surface area contributed by atoms with E-state index in [1.54, 1.807) is 12.1 Å². The molecular weight excluding hydrogens is 381 g/mol. The van der Waals surface area contributed by atoms with Crippen molar-refractivity contribution in [3.05, 3.63) is 82.7 Å². The van der Waals surface area contributed by atoms with Crippen molar-refractivity contribution in [2.45, 2.75) is 51.4 Å². The second-order valence-electron chi connectivity index (χ2n) is 8.23. The van der Waals surface area contributed by atoms with E-state index in [1.165, 1.54) is 23.6 Å². The Balaban J connectivity index is 1.41. The number of aryl methyl sites for hydroxylation is 1. The van der Waals surface area contributed by atoms with E-state index in [4.69, 9.17) is 0 Å². The lowest BCUT2D eigenvalue weighted by molar-refractivity contribution is 0.384. The second-order valence-corrected chi connectivity index (χ2v) is 8.23. The van der Waals surface area contributed by atoms with Crippen LogP contribution in [0.5, 0.6) is 0 Å². The van der Waals surface area contributed by atoms with E-state index in [9.17, 15) is 13.2 Å². The van der Waals surface area contributed by atoms with Gasteiger partial charge in [0.25, 0.3) is 0 Å². The topological polar surface area (TPSA) is 0 Å². The molecule has 3 heteroatoms. The molecule has 1 aliphatic rings. The molecular formula is C27H25F3. The van der Waals surface area contributed by atoms with Crippen molar-refractivity contribution in [2.75, 3.05) is 0 Å². The van der Waals surface area contributed by atoms with Crippen LogP contribution in [0, 0.1) is 35.2 Å². The number of rotatable bonds is 3. The maximum absolute atomic E-state index is 13.9. The summed E-state index contributed by atoms with van der Waals surface area (Å²) in [5.74, 6) is 3.65. The molecule has 0 bridgehead atoms. The summed E-state index contributed by atoms with van der Waals surface area (Å²) in [6, 6.07) is 14.8. The molecule has 1 saturated carbocycles. The highest BCUT2D eigenvalue weighted by Gasteiger charge is 2.21. The summed E-state index contributed by atoms with van der Waals surface area (Å²) in [5, 5.41) is 0.401. The third-order valence-electron chi connectivity index (χ3n) is 6.11. The van der Waals surface area contributed by atoms with Gasteiger partial charge >= 0.3 is 0 Å². The molecule has 3 aromatic rings. The van der Waals surface area contributed by atoms with Crippen LogP contribution in [0.1, 0.15) is 61.6 Å². The maximum Gasteiger partial charge on any atom is 0.195 e. The van der Waals surface area contributed by atoms with Crippen LogP contribution in [0.2, 0.25) is 0 Å². The van der Waals surface area contributed by atoms with E-state index in [-0.39, 0.29) is 5.39 Å². The highest BCUT2D eigenvalue weighted by atomic mass is 19.2. The van der Waals surface area contributed by atoms with E-state index in [2.05, 4.69) is 43.0 Å². The zero-order valence-corrected chi connectivity index (χ0v) is 17.2. The normalized spacial score (nSPS) is 18.8. The van der Waals surface area contributed by atoms with Crippen LogP contribution in [-0.4, -0.2) is 0 Å². The Labute approximate surface area is 176 Å². The monoisotopic (exact) mass is 406 g/mol. The first-order valence-corrected chi connectivity index (χ1v) is 10.7. The summed E-state index contributed by atoms with van der Waals surface area (Å²) in [4.78, 5) is 0. The molecule has 0 nitrogen and oxygen atoms in total. The largest absolute Gasteiger partial charge is 0.204 e. The molecule has 0 aromatic heterocycles. The first-order chi connectivity index (χ1) is 14.5.